The fourth-order valence-corrected chi connectivity index (χ4v) is 3.44. The number of hydrogen-bond donors (Lipinski definition) is 1. The van der Waals surface area contributed by atoms with Gasteiger partial charge in [-0.05, 0) is 25.0 Å². The van der Waals surface area contributed by atoms with Crippen molar-refractivity contribution in [3.8, 4) is 11.5 Å². The molecule has 2 bridgehead atoms. The first-order valence-corrected chi connectivity index (χ1v) is 7.44. The molecule has 0 unspecified atom stereocenters. The Balaban J connectivity index is 1.83. The fourth-order valence-electron chi connectivity index (χ4n) is 3.44. The Morgan fingerprint density at radius 1 is 1.17 bits per heavy atom. The first-order valence-electron chi connectivity index (χ1n) is 7.44. The predicted molar refractivity (Wildman–Crippen MR) is 78.1 cm³/mol. The summed E-state index contributed by atoms with van der Waals surface area (Å²) in [5.41, 5.74) is 0.428. The van der Waals surface area contributed by atoms with Crippen molar-refractivity contribution in [3.63, 3.8) is 0 Å². The monoisotopic (exact) mass is 320 g/mol. The van der Waals surface area contributed by atoms with Crippen molar-refractivity contribution >= 4 is 17.6 Å². The van der Waals surface area contributed by atoms with Crippen LogP contribution in [0.2, 0.25) is 0 Å². The van der Waals surface area contributed by atoms with E-state index in [2.05, 4.69) is 5.32 Å². The number of ether oxygens (including phenoxy) is 3. The van der Waals surface area contributed by atoms with Gasteiger partial charge in [0.1, 0.15) is 11.5 Å². The normalized spacial score (nSPS) is 28.4. The predicted octanol–water partition coefficient (Wildman–Crippen LogP) is 0.186. The Bertz CT molecular complexity index is 631. The molecule has 2 fully saturated rings. The zero-order valence-corrected chi connectivity index (χ0v) is 12.9. The first kappa shape index (κ1) is 15.6. The molecule has 4 atom stereocenters. The van der Waals surface area contributed by atoms with Crippen LogP contribution in [0.1, 0.15) is 12.8 Å². The number of carboxylic acid groups (broad SMARTS) is 1. The minimum atomic E-state index is -1.24. The number of aliphatic carboxylic acids is 1. The number of nitrogens with one attached hydrogen (secondary N) is 1. The first-order chi connectivity index (χ1) is 11.0. The van der Waals surface area contributed by atoms with Crippen molar-refractivity contribution in [1.82, 2.24) is 0 Å². The van der Waals surface area contributed by atoms with Gasteiger partial charge in [-0.2, -0.15) is 0 Å². The van der Waals surface area contributed by atoms with Gasteiger partial charge in [0.25, 0.3) is 0 Å². The van der Waals surface area contributed by atoms with Crippen molar-refractivity contribution in [3.05, 3.63) is 18.2 Å². The van der Waals surface area contributed by atoms with Gasteiger partial charge in [0, 0.05) is 18.0 Å². The van der Waals surface area contributed by atoms with E-state index in [-0.39, 0.29) is 6.10 Å². The van der Waals surface area contributed by atoms with E-state index in [0.29, 0.717) is 30.0 Å². The second-order valence-corrected chi connectivity index (χ2v) is 5.72. The molecule has 3 rings (SSSR count). The summed E-state index contributed by atoms with van der Waals surface area (Å²) in [5, 5.41) is 14.1. The van der Waals surface area contributed by atoms with E-state index in [1.165, 1.54) is 14.2 Å². The lowest BCUT2D eigenvalue weighted by molar-refractivity contribution is -0.313. The Hall–Kier alpha value is -2.28. The number of fused-ring (bicyclic) bond motifs is 2. The second-order valence-electron chi connectivity index (χ2n) is 5.72. The molecule has 124 valence electrons. The summed E-state index contributed by atoms with van der Waals surface area (Å²) < 4.78 is 15.9. The molecule has 7 heteroatoms. The van der Waals surface area contributed by atoms with E-state index in [1.807, 2.05) is 0 Å². The molecule has 0 aromatic heterocycles. The maximum Gasteiger partial charge on any atom is 0.230 e. The van der Waals surface area contributed by atoms with Crippen LogP contribution in [0.4, 0.5) is 5.69 Å². The van der Waals surface area contributed by atoms with Gasteiger partial charge in [0.05, 0.1) is 38.0 Å². The van der Waals surface area contributed by atoms with Gasteiger partial charge in [-0.3, -0.25) is 4.79 Å². The number of methoxy groups -OCH3 is 2. The topological polar surface area (TPSA) is 96.9 Å². The second kappa shape index (κ2) is 6.08. The van der Waals surface area contributed by atoms with Crippen molar-refractivity contribution in [2.24, 2.45) is 11.8 Å². The maximum absolute atomic E-state index is 12.6. The minimum absolute atomic E-state index is 0.375. The fraction of sp³-hybridized carbons (Fsp3) is 0.500. The molecule has 0 saturated carbocycles. The molecule has 2 aliphatic rings. The Kier molecular flexibility index (Phi) is 4.12. The molecule has 23 heavy (non-hydrogen) atoms. The third-order valence-electron chi connectivity index (χ3n) is 4.51. The maximum atomic E-state index is 12.6. The van der Waals surface area contributed by atoms with Crippen LogP contribution in [-0.2, 0) is 14.3 Å². The highest BCUT2D eigenvalue weighted by Gasteiger charge is 2.52. The summed E-state index contributed by atoms with van der Waals surface area (Å²) >= 11 is 0. The molecule has 1 N–H and O–H groups in total. The van der Waals surface area contributed by atoms with E-state index in [0.717, 1.165) is 0 Å². The number of carbonyl (C=O) groups excluding carboxylic acids is 2. The highest BCUT2D eigenvalue weighted by atomic mass is 16.5. The molecule has 1 aromatic carbocycles. The summed E-state index contributed by atoms with van der Waals surface area (Å²) in [6, 6.07) is 5.00. The van der Waals surface area contributed by atoms with Gasteiger partial charge in [-0.1, -0.05) is 0 Å². The molecule has 0 spiro atoms. The van der Waals surface area contributed by atoms with Crippen LogP contribution in [0, 0.1) is 11.8 Å². The largest absolute Gasteiger partial charge is 0.550 e. The van der Waals surface area contributed by atoms with Crippen LogP contribution in [-0.4, -0.2) is 38.3 Å². The average Bonchev–Trinajstić information content (AvgIpc) is 3.15. The van der Waals surface area contributed by atoms with Crippen LogP contribution in [0.25, 0.3) is 0 Å². The van der Waals surface area contributed by atoms with E-state index < -0.39 is 29.8 Å². The van der Waals surface area contributed by atoms with Crippen molar-refractivity contribution in [2.45, 2.75) is 25.0 Å². The van der Waals surface area contributed by atoms with E-state index in [1.54, 1.807) is 18.2 Å². The lowest BCUT2D eigenvalue weighted by Gasteiger charge is -2.27. The van der Waals surface area contributed by atoms with Gasteiger partial charge in [0.2, 0.25) is 5.91 Å². The quantitative estimate of drug-likeness (QED) is 0.831. The molecule has 0 aliphatic carbocycles. The van der Waals surface area contributed by atoms with E-state index in [9.17, 15) is 14.7 Å². The summed E-state index contributed by atoms with van der Waals surface area (Å²) in [7, 11) is 3.01. The zero-order valence-electron chi connectivity index (χ0n) is 12.9. The number of benzene rings is 1. The molecular formula is C16H18NO6-. The van der Waals surface area contributed by atoms with Crippen LogP contribution in [0.3, 0.4) is 0 Å². The van der Waals surface area contributed by atoms with Gasteiger partial charge in [-0.25, -0.2) is 0 Å². The SMILES string of the molecule is COc1ccc(OC)c(NC(=O)[C@H]2[C@@H](C(=O)[O-])[C@H]3CC[C@@H]2O3)c1. The van der Waals surface area contributed by atoms with Crippen molar-refractivity contribution in [1.29, 1.82) is 0 Å². The van der Waals surface area contributed by atoms with Crippen molar-refractivity contribution in [2.75, 3.05) is 19.5 Å². The lowest BCUT2D eigenvalue weighted by Crippen LogP contribution is -2.46. The summed E-state index contributed by atoms with van der Waals surface area (Å²) in [6.45, 7) is 0. The Morgan fingerprint density at radius 3 is 2.48 bits per heavy atom. The molecule has 1 amide bonds. The molecule has 1 aromatic rings. The van der Waals surface area contributed by atoms with Crippen LogP contribution < -0.4 is 19.9 Å². The molecule has 7 nitrogen and oxygen atoms in total. The molecule has 2 aliphatic heterocycles. The van der Waals surface area contributed by atoms with Gasteiger partial charge >= 0.3 is 0 Å². The number of anilines is 1. The summed E-state index contributed by atoms with van der Waals surface area (Å²) in [5.74, 6) is -2.29. The van der Waals surface area contributed by atoms with Crippen LogP contribution in [0.5, 0.6) is 11.5 Å². The highest BCUT2D eigenvalue weighted by molar-refractivity contribution is 5.97. The standard InChI is InChI=1S/C16H19NO6/c1-21-8-3-4-10(22-2)9(7-8)17-15(18)13-11-5-6-12(23-11)14(13)16(19)20/h3-4,7,11-14H,5-6H2,1-2H3,(H,17,18)(H,19,20)/p-1/t11-,12+,13+,14-/m0/s1. The van der Waals surface area contributed by atoms with Gasteiger partial charge in [-0.15, -0.1) is 0 Å². The number of hydrogen-bond acceptors (Lipinski definition) is 6. The smallest absolute Gasteiger partial charge is 0.230 e. The summed E-state index contributed by atoms with van der Waals surface area (Å²) in [6.07, 6.45) is 0.518. The lowest BCUT2D eigenvalue weighted by atomic mass is 9.78. The molecule has 0 radical (unpaired) electrons. The highest BCUT2D eigenvalue weighted by Crippen LogP contribution is 2.44. The third-order valence-corrected chi connectivity index (χ3v) is 4.51. The Morgan fingerprint density at radius 2 is 1.87 bits per heavy atom. The van der Waals surface area contributed by atoms with Gasteiger partial charge in [0.15, 0.2) is 0 Å². The zero-order chi connectivity index (χ0) is 16.6. The molecule has 2 heterocycles. The number of rotatable bonds is 5. The Labute approximate surface area is 133 Å². The van der Waals surface area contributed by atoms with E-state index >= 15 is 0 Å². The van der Waals surface area contributed by atoms with E-state index in [4.69, 9.17) is 14.2 Å². The van der Waals surface area contributed by atoms with Crippen molar-refractivity contribution < 1.29 is 28.9 Å². The van der Waals surface area contributed by atoms with Crippen LogP contribution >= 0.6 is 0 Å². The minimum Gasteiger partial charge on any atom is -0.550 e. The van der Waals surface area contributed by atoms with Gasteiger partial charge < -0.3 is 29.4 Å². The number of amides is 1. The third kappa shape index (κ3) is 2.72. The number of carboxylic acids is 1. The molecule has 2 saturated heterocycles. The average molecular weight is 320 g/mol. The number of carbonyl (C=O) groups is 2. The molecular weight excluding hydrogens is 302 g/mol. The summed E-state index contributed by atoms with van der Waals surface area (Å²) in [4.78, 5) is 24.0. The van der Waals surface area contributed by atoms with Crippen LogP contribution in [0.15, 0.2) is 18.2 Å².